The zero-order valence-corrected chi connectivity index (χ0v) is 9.74. The highest BCUT2D eigenvalue weighted by Crippen LogP contribution is 2.23. The zero-order chi connectivity index (χ0) is 13.4. The summed E-state index contributed by atoms with van der Waals surface area (Å²) in [4.78, 5) is 11.9. The van der Waals surface area contributed by atoms with Crippen LogP contribution in [0, 0.1) is 5.21 Å². The highest BCUT2D eigenvalue weighted by molar-refractivity contribution is 5.76. The lowest BCUT2D eigenvalue weighted by Crippen LogP contribution is -2.24. The largest absolute Gasteiger partial charge is 0.619 e. The van der Waals surface area contributed by atoms with Crippen LogP contribution in [0.25, 0.3) is 22.3 Å². The maximum atomic E-state index is 11.9. The van der Waals surface area contributed by atoms with Crippen molar-refractivity contribution in [3.63, 3.8) is 0 Å². The first-order valence-electron chi connectivity index (χ1n) is 5.59. The van der Waals surface area contributed by atoms with Crippen LogP contribution in [0.3, 0.4) is 0 Å². The summed E-state index contributed by atoms with van der Waals surface area (Å²) in [5, 5.41) is 20.8. The molecule has 0 aliphatic carbocycles. The van der Waals surface area contributed by atoms with Crippen LogP contribution in [0.2, 0.25) is 0 Å². The minimum Gasteiger partial charge on any atom is -0.619 e. The summed E-state index contributed by atoms with van der Waals surface area (Å²) in [5.74, 6) is 0.480. The number of pyridine rings is 1. The van der Waals surface area contributed by atoms with Crippen molar-refractivity contribution >= 4 is 11.0 Å². The summed E-state index contributed by atoms with van der Waals surface area (Å²) in [5.41, 5.74) is 0.663. The third-order valence-corrected chi connectivity index (χ3v) is 2.80. The van der Waals surface area contributed by atoms with Crippen LogP contribution in [-0.2, 0) is 0 Å². The fourth-order valence-corrected chi connectivity index (χ4v) is 1.86. The van der Waals surface area contributed by atoms with Gasteiger partial charge in [-0.05, 0) is 24.3 Å². The Morgan fingerprint density at radius 2 is 1.89 bits per heavy atom. The topological polar surface area (TPSA) is 77.4 Å². The first-order valence-corrected chi connectivity index (χ1v) is 5.59. The maximum Gasteiger partial charge on any atom is 0.223 e. The highest BCUT2D eigenvalue weighted by atomic mass is 16.5. The van der Waals surface area contributed by atoms with E-state index in [-0.39, 0.29) is 16.8 Å². The van der Waals surface area contributed by atoms with E-state index in [4.69, 9.17) is 4.42 Å². The van der Waals surface area contributed by atoms with Crippen LogP contribution in [0.5, 0.6) is 5.75 Å². The molecule has 3 rings (SSSR count). The number of benzene rings is 1. The fraction of sp³-hybridized carbons (Fsp3) is 0. The molecule has 0 fully saturated rings. The van der Waals surface area contributed by atoms with Gasteiger partial charge in [-0.1, -0.05) is 0 Å². The molecule has 19 heavy (non-hydrogen) atoms. The predicted octanol–water partition coefficient (Wildman–Crippen LogP) is 1.80. The zero-order valence-electron chi connectivity index (χ0n) is 9.74. The number of hydrogen-bond acceptors (Lipinski definition) is 4. The number of fused-ring (bicyclic) bond motifs is 1. The normalized spacial score (nSPS) is 10.7. The maximum absolute atomic E-state index is 11.9. The van der Waals surface area contributed by atoms with Crippen LogP contribution >= 0.6 is 0 Å². The van der Waals surface area contributed by atoms with Gasteiger partial charge in [-0.3, -0.25) is 4.79 Å². The van der Waals surface area contributed by atoms with Crippen LogP contribution in [0.15, 0.2) is 58.0 Å². The Bertz CT molecular complexity index is 806. The Kier molecular flexibility index (Phi) is 2.45. The second-order valence-electron chi connectivity index (χ2n) is 4.10. The van der Waals surface area contributed by atoms with E-state index in [0.29, 0.717) is 21.4 Å². The van der Waals surface area contributed by atoms with Crippen molar-refractivity contribution in [3.05, 3.63) is 64.2 Å². The van der Waals surface area contributed by atoms with Gasteiger partial charge in [0.15, 0.2) is 11.6 Å². The van der Waals surface area contributed by atoms with Crippen molar-refractivity contribution in [3.8, 4) is 17.1 Å². The van der Waals surface area contributed by atoms with E-state index in [0.717, 1.165) is 0 Å². The molecule has 1 N–H and O–H groups in total. The second-order valence-corrected chi connectivity index (χ2v) is 4.10. The van der Waals surface area contributed by atoms with Gasteiger partial charge in [-0.15, -0.1) is 0 Å². The molecule has 1 aromatic carbocycles. The lowest BCUT2D eigenvalue weighted by Gasteiger charge is -2.03. The van der Waals surface area contributed by atoms with Gasteiger partial charge in [-0.25, -0.2) is 0 Å². The van der Waals surface area contributed by atoms with Crippen LogP contribution in [0.4, 0.5) is 0 Å². The van der Waals surface area contributed by atoms with E-state index in [2.05, 4.69) is 0 Å². The Hall–Kier alpha value is -2.82. The number of aromatic hydroxyl groups is 1. The van der Waals surface area contributed by atoms with E-state index in [1.807, 2.05) is 0 Å². The molecule has 0 atom stereocenters. The number of rotatable bonds is 1. The van der Waals surface area contributed by atoms with E-state index in [9.17, 15) is 15.1 Å². The van der Waals surface area contributed by atoms with Gasteiger partial charge in [0.1, 0.15) is 11.5 Å². The Morgan fingerprint density at radius 1 is 1.16 bits per heavy atom. The summed E-state index contributed by atoms with van der Waals surface area (Å²) in [7, 11) is 0. The molecular weight excluding hydrogens is 246 g/mol. The molecule has 5 nitrogen and oxygen atoms in total. The molecule has 0 aliphatic rings. The van der Waals surface area contributed by atoms with Gasteiger partial charge in [0, 0.05) is 17.7 Å². The summed E-state index contributed by atoms with van der Waals surface area (Å²) in [6, 6.07) is 9.05. The average molecular weight is 255 g/mol. The minimum atomic E-state index is -0.218. The first kappa shape index (κ1) is 11.3. The molecule has 94 valence electrons. The summed E-state index contributed by atoms with van der Waals surface area (Å²) < 4.78 is 6.12. The monoisotopic (exact) mass is 255 g/mol. The van der Waals surface area contributed by atoms with Crippen LogP contribution in [-0.4, -0.2) is 5.11 Å². The number of phenolic OH excluding ortho intramolecular Hbond substituents is 1. The van der Waals surface area contributed by atoms with E-state index >= 15 is 0 Å². The predicted molar refractivity (Wildman–Crippen MR) is 68.5 cm³/mol. The van der Waals surface area contributed by atoms with Crippen molar-refractivity contribution in [2.24, 2.45) is 0 Å². The molecule has 0 radical (unpaired) electrons. The standard InChI is InChI=1S/C14H9NO4/c16-10-3-1-9(2-4-10)13-7-12(17)11-5-6-15(18)8-14(11)19-13/h1-8,16H. The van der Waals surface area contributed by atoms with Gasteiger partial charge < -0.3 is 14.7 Å². The van der Waals surface area contributed by atoms with Gasteiger partial charge in [0.25, 0.3) is 0 Å². The molecule has 3 aromatic rings. The molecular formula is C14H9NO4. The SMILES string of the molecule is O=c1cc(-c2ccc(O)cc2)oc2c[n+]([O-])ccc12. The number of aromatic nitrogens is 1. The smallest absolute Gasteiger partial charge is 0.223 e. The van der Waals surface area contributed by atoms with Gasteiger partial charge in [0.2, 0.25) is 11.8 Å². The van der Waals surface area contributed by atoms with Crippen molar-refractivity contribution in [1.82, 2.24) is 0 Å². The van der Waals surface area contributed by atoms with E-state index in [1.165, 1.54) is 36.7 Å². The van der Waals surface area contributed by atoms with Crippen molar-refractivity contribution in [1.29, 1.82) is 0 Å². The highest BCUT2D eigenvalue weighted by Gasteiger charge is 2.09. The van der Waals surface area contributed by atoms with Gasteiger partial charge in [-0.2, -0.15) is 4.73 Å². The molecule has 0 saturated carbocycles. The van der Waals surface area contributed by atoms with Gasteiger partial charge >= 0.3 is 0 Å². The molecule has 5 heteroatoms. The van der Waals surface area contributed by atoms with Crippen molar-refractivity contribution in [2.45, 2.75) is 0 Å². The molecule has 0 saturated heterocycles. The van der Waals surface area contributed by atoms with E-state index < -0.39 is 0 Å². The molecule has 0 bridgehead atoms. The third-order valence-electron chi connectivity index (χ3n) is 2.80. The Labute approximate surface area is 107 Å². The molecule has 2 heterocycles. The van der Waals surface area contributed by atoms with Crippen molar-refractivity contribution < 1.29 is 14.3 Å². The molecule has 0 aliphatic heterocycles. The summed E-state index contributed by atoms with van der Waals surface area (Å²) >= 11 is 0. The van der Waals surface area contributed by atoms with Crippen LogP contribution < -0.4 is 10.2 Å². The van der Waals surface area contributed by atoms with Crippen LogP contribution in [0.1, 0.15) is 0 Å². The van der Waals surface area contributed by atoms with E-state index in [1.54, 1.807) is 12.1 Å². The average Bonchev–Trinajstić information content (AvgIpc) is 2.38. The summed E-state index contributed by atoms with van der Waals surface area (Å²) in [6.45, 7) is 0. The third kappa shape index (κ3) is 2.01. The Morgan fingerprint density at radius 3 is 2.63 bits per heavy atom. The van der Waals surface area contributed by atoms with Gasteiger partial charge in [0.05, 0.1) is 5.39 Å². The summed E-state index contributed by atoms with van der Waals surface area (Å²) in [6.07, 6.45) is 2.46. The minimum absolute atomic E-state index is 0.129. The molecule has 0 spiro atoms. The number of hydrogen-bond donors (Lipinski definition) is 1. The molecule has 0 amide bonds. The first-order chi connectivity index (χ1) is 9.13. The Balaban J connectivity index is 2.25. The van der Waals surface area contributed by atoms with Crippen molar-refractivity contribution in [2.75, 3.05) is 0 Å². The quantitative estimate of drug-likeness (QED) is 0.531. The number of phenols is 1. The number of nitrogens with zero attached hydrogens (tertiary/aromatic N) is 1. The molecule has 0 unspecified atom stereocenters. The lowest BCUT2D eigenvalue weighted by molar-refractivity contribution is -0.604. The molecule has 2 aromatic heterocycles. The fourth-order valence-electron chi connectivity index (χ4n) is 1.86. The lowest BCUT2D eigenvalue weighted by atomic mass is 10.1. The second kappa shape index (κ2) is 4.13.